The quantitative estimate of drug-likeness (QED) is 0.795. The first-order chi connectivity index (χ1) is 7.67. The molecule has 3 nitrogen and oxygen atoms in total. The molecule has 1 rings (SSSR count). The summed E-state index contributed by atoms with van der Waals surface area (Å²) in [4.78, 5) is 7.09. The van der Waals surface area contributed by atoms with E-state index in [0.29, 0.717) is 6.04 Å². The minimum absolute atomic E-state index is 0.592. The van der Waals surface area contributed by atoms with Gasteiger partial charge in [-0.15, -0.1) is 11.3 Å². The van der Waals surface area contributed by atoms with Crippen LogP contribution in [0.1, 0.15) is 37.9 Å². The number of hydrogen-bond acceptors (Lipinski definition) is 4. The lowest BCUT2D eigenvalue weighted by molar-refractivity contribution is 0.211. The van der Waals surface area contributed by atoms with Crippen LogP contribution >= 0.6 is 11.3 Å². The topological polar surface area (TPSA) is 28.2 Å². The first-order valence-corrected chi connectivity index (χ1v) is 6.87. The molecule has 0 aliphatic heterocycles. The first-order valence-electron chi connectivity index (χ1n) is 5.99. The van der Waals surface area contributed by atoms with E-state index in [1.165, 1.54) is 17.1 Å². The highest BCUT2D eigenvalue weighted by atomic mass is 32.1. The van der Waals surface area contributed by atoms with Crippen molar-refractivity contribution in [1.29, 1.82) is 0 Å². The molecule has 4 heteroatoms. The standard InChI is InChI=1S/C12H23N3S/c1-5-6-15(10(2)3)8-11-9-16-12(14-11)7-13-4/h9-10,13H,5-8H2,1-4H3. The average molecular weight is 241 g/mol. The molecule has 0 amide bonds. The van der Waals surface area contributed by atoms with Crippen LogP contribution in [0.2, 0.25) is 0 Å². The Hall–Kier alpha value is -0.450. The Morgan fingerprint density at radius 2 is 2.25 bits per heavy atom. The second kappa shape index (κ2) is 6.99. The van der Waals surface area contributed by atoms with Gasteiger partial charge < -0.3 is 5.32 Å². The van der Waals surface area contributed by atoms with Crippen LogP contribution in [0.3, 0.4) is 0 Å². The first kappa shape index (κ1) is 13.6. The van der Waals surface area contributed by atoms with Gasteiger partial charge in [0.15, 0.2) is 0 Å². The lowest BCUT2D eigenvalue weighted by Gasteiger charge is -2.24. The molecular formula is C12H23N3S. The van der Waals surface area contributed by atoms with Crippen LogP contribution in [0.5, 0.6) is 0 Å². The van der Waals surface area contributed by atoms with Crippen molar-refractivity contribution in [3.05, 3.63) is 16.1 Å². The summed E-state index contributed by atoms with van der Waals surface area (Å²) in [6.45, 7) is 9.72. The fourth-order valence-corrected chi connectivity index (χ4v) is 2.47. The molecule has 0 fully saturated rings. The summed E-state index contributed by atoms with van der Waals surface area (Å²) in [6.07, 6.45) is 1.20. The van der Waals surface area contributed by atoms with Crippen molar-refractivity contribution in [2.45, 2.75) is 46.3 Å². The largest absolute Gasteiger partial charge is 0.314 e. The van der Waals surface area contributed by atoms with E-state index >= 15 is 0 Å². The molecule has 1 N–H and O–H groups in total. The van der Waals surface area contributed by atoms with Crippen LogP contribution in [-0.2, 0) is 13.1 Å². The molecule has 0 saturated carbocycles. The summed E-state index contributed by atoms with van der Waals surface area (Å²) in [5.41, 5.74) is 1.21. The number of hydrogen-bond donors (Lipinski definition) is 1. The predicted octanol–water partition coefficient (Wildman–Crippen LogP) is 2.48. The molecule has 0 aliphatic carbocycles. The van der Waals surface area contributed by atoms with Gasteiger partial charge in [-0.2, -0.15) is 0 Å². The maximum Gasteiger partial charge on any atom is 0.107 e. The van der Waals surface area contributed by atoms with E-state index in [2.05, 4.69) is 41.4 Å². The van der Waals surface area contributed by atoms with Gasteiger partial charge in [-0.05, 0) is 33.9 Å². The fourth-order valence-electron chi connectivity index (χ4n) is 1.67. The zero-order chi connectivity index (χ0) is 12.0. The van der Waals surface area contributed by atoms with Crippen LogP contribution in [0.4, 0.5) is 0 Å². The molecule has 0 aliphatic rings. The van der Waals surface area contributed by atoms with Crippen molar-refractivity contribution in [2.24, 2.45) is 0 Å². The van der Waals surface area contributed by atoms with E-state index in [1.54, 1.807) is 11.3 Å². The molecule has 92 valence electrons. The van der Waals surface area contributed by atoms with Gasteiger partial charge >= 0.3 is 0 Å². The van der Waals surface area contributed by atoms with Crippen molar-refractivity contribution < 1.29 is 0 Å². The lowest BCUT2D eigenvalue weighted by Crippen LogP contribution is -2.31. The van der Waals surface area contributed by atoms with Crippen LogP contribution < -0.4 is 5.32 Å². The molecular weight excluding hydrogens is 218 g/mol. The van der Waals surface area contributed by atoms with Crippen molar-refractivity contribution in [2.75, 3.05) is 13.6 Å². The second-order valence-corrected chi connectivity index (χ2v) is 5.27. The Balaban J connectivity index is 2.55. The van der Waals surface area contributed by atoms with Gasteiger partial charge in [-0.1, -0.05) is 6.92 Å². The zero-order valence-electron chi connectivity index (χ0n) is 10.8. The van der Waals surface area contributed by atoms with Crippen LogP contribution in [0, 0.1) is 0 Å². The Morgan fingerprint density at radius 1 is 1.50 bits per heavy atom. The Bertz CT molecular complexity index is 296. The van der Waals surface area contributed by atoms with E-state index in [0.717, 1.165) is 19.6 Å². The minimum Gasteiger partial charge on any atom is -0.314 e. The lowest BCUT2D eigenvalue weighted by atomic mass is 10.2. The normalized spacial score (nSPS) is 11.6. The zero-order valence-corrected chi connectivity index (χ0v) is 11.6. The second-order valence-electron chi connectivity index (χ2n) is 4.33. The summed E-state index contributed by atoms with van der Waals surface area (Å²) in [6, 6.07) is 0.592. The number of aromatic nitrogens is 1. The molecule has 0 aromatic carbocycles. The Kier molecular flexibility index (Phi) is 5.95. The van der Waals surface area contributed by atoms with E-state index < -0.39 is 0 Å². The molecule has 0 unspecified atom stereocenters. The summed E-state index contributed by atoms with van der Waals surface area (Å²) < 4.78 is 0. The van der Waals surface area contributed by atoms with Crippen molar-refractivity contribution >= 4 is 11.3 Å². The Labute approximate surface area is 103 Å². The van der Waals surface area contributed by atoms with E-state index in [4.69, 9.17) is 0 Å². The van der Waals surface area contributed by atoms with Gasteiger partial charge in [0.2, 0.25) is 0 Å². The summed E-state index contributed by atoms with van der Waals surface area (Å²) in [5.74, 6) is 0. The molecule has 0 saturated heterocycles. The highest BCUT2D eigenvalue weighted by Gasteiger charge is 2.11. The molecule has 0 radical (unpaired) electrons. The summed E-state index contributed by atoms with van der Waals surface area (Å²) in [5, 5.41) is 6.49. The minimum atomic E-state index is 0.592. The molecule has 16 heavy (non-hydrogen) atoms. The molecule has 0 bridgehead atoms. The predicted molar refractivity (Wildman–Crippen MR) is 70.7 cm³/mol. The number of rotatable bonds is 7. The van der Waals surface area contributed by atoms with Crippen molar-refractivity contribution in [1.82, 2.24) is 15.2 Å². The van der Waals surface area contributed by atoms with Gasteiger partial charge in [0.05, 0.1) is 5.69 Å². The Morgan fingerprint density at radius 3 is 2.81 bits per heavy atom. The monoisotopic (exact) mass is 241 g/mol. The molecule has 0 atom stereocenters. The fraction of sp³-hybridized carbons (Fsp3) is 0.750. The smallest absolute Gasteiger partial charge is 0.107 e. The highest BCUT2D eigenvalue weighted by molar-refractivity contribution is 7.09. The molecule has 0 spiro atoms. The summed E-state index contributed by atoms with van der Waals surface area (Å²) in [7, 11) is 1.96. The van der Waals surface area contributed by atoms with E-state index in [-0.39, 0.29) is 0 Å². The summed E-state index contributed by atoms with van der Waals surface area (Å²) >= 11 is 1.75. The third kappa shape index (κ3) is 4.20. The third-order valence-electron chi connectivity index (χ3n) is 2.53. The molecule has 1 aromatic heterocycles. The maximum atomic E-state index is 4.62. The van der Waals surface area contributed by atoms with Gasteiger partial charge in [0.25, 0.3) is 0 Å². The maximum absolute atomic E-state index is 4.62. The van der Waals surface area contributed by atoms with Crippen LogP contribution in [0.15, 0.2) is 5.38 Å². The van der Waals surface area contributed by atoms with Crippen molar-refractivity contribution in [3.8, 4) is 0 Å². The van der Waals surface area contributed by atoms with Gasteiger partial charge in [0.1, 0.15) is 5.01 Å². The average Bonchev–Trinajstić information content (AvgIpc) is 2.65. The third-order valence-corrected chi connectivity index (χ3v) is 3.43. The van der Waals surface area contributed by atoms with Crippen molar-refractivity contribution in [3.63, 3.8) is 0 Å². The molecule has 1 aromatic rings. The number of thiazole rings is 1. The van der Waals surface area contributed by atoms with Gasteiger partial charge in [-0.3, -0.25) is 4.90 Å². The number of nitrogens with zero attached hydrogens (tertiary/aromatic N) is 2. The highest BCUT2D eigenvalue weighted by Crippen LogP contribution is 2.13. The SMILES string of the molecule is CCCN(Cc1csc(CNC)n1)C(C)C. The van der Waals surface area contributed by atoms with E-state index in [1.807, 2.05) is 7.05 Å². The van der Waals surface area contributed by atoms with Gasteiger partial charge in [-0.25, -0.2) is 4.98 Å². The molecule has 1 heterocycles. The van der Waals surface area contributed by atoms with E-state index in [9.17, 15) is 0 Å². The number of nitrogens with one attached hydrogen (secondary N) is 1. The van der Waals surface area contributed by atoms with Crippen LogP contribution in [0.25, 0.3) is 0 Å². The van der Waals surface area contributed by atoms with Crippen LogP contribution in [-0.4, -0.2) is 29.5 Å². The van der Waals surface area contributed by atoms with Gasteiger partial charge in [0, 0.05) is 24.5 Å².